The molecule has 2 rings (SSSR count). The third-order valence-corrected chi connectivity index (χ3v) is 3.43. The molecule has 1 saturated heterocycles. The van der Waals surface area contributed by atoms with Gasteiger partial charge in [-0.3, -0.25) is 4.68 Å². The average molecular weight is 265 g/mol. The second kappa shape index (κ2) is 6.53. The summed E-state index contributed by atoms with van der Waals surface area (Å²) in [5, 5.41) is 8.05. The molecule has 1 unspecified atom stereocenters. The third kappa shape index (κ3) is 5.33. The first-order valence-electron chi connectivity index (χ1n) is 7.42. The maximum atomic E-state index is 5.63. The maximum Gasteiger partial charge on any atom is 0.0762 e. The molecule has 108 valence electrons. The monoisotopic (exact) mass is 265 g/mol. The highest BCUT2D eigenvalue weighted by atomic mass is 16.5. The van der Waals surface area contributed by atoms with Crippen LogP contribution in [0, 0.1) is 0 Å². The van der Waals surface area contributed by atoms with Gasteiger partial charge in [-0.05, 0) is 52.5 Å². The zero-order valence-electron chi connectivity index (χ0n) is 12.5. The van der Waals surface area contributed by atoms with Crippen LogP contribution in [0.1, 0.15) is 52.1 Å². The molecule has 0 aliphatic carbocycles. The first-order chi connectivity index (χ1) is 9.03. The van der Waals surface area contributed by atoms with Crippen LogP contribution in [0.25, 0.3) is 0 Å². The largest absolute Gasteiger partial charge is 0.378 e. The van der Waals surface area contributed by atoms with Crippen LogP contribution in [0.15, 0.2) is 12.3 Å². The van der Waals surface area contributed by atoms with Crippen molar-refractivity contribution in [3.63, 3.8) is 0 Å². The number of hydrogen-bond donors (Lipinski definition) is 1. The van der Waals surface area contributed by atoms with Crippen LogP contribution in [-0.4, -0.2) is 28.0 Å². The van der Waals surface area contributed by atoms with Gasteiger partial charge in [0.1, 0.15) is 0 Å². The molecule has 1 atom stereocenters. The second-order valence-corrected chi connectivity index (χ2v) is 6.45. The fourth-order valence-corrected chi connectivity index (χ4v) is 2.33. The van der Waals surface area contributed by atoms with E-state index in [1.54, 1.807) is 0 Å². The Morgan fingerprint density at radius 3 is 3.00 bits per heavy atom. The fourth-order valence-electron chi connectivity index (χ4n) is 2.33. The van der Waals surface area contributed by atoms with E-state index in [9.17, 15) is 0 Å². The molecule has 0 saturated carbocycles. The van der Waals surface area contributed by atoms with E-state index in [0.29, 0.717) is 6.10 Å². The zero-order chi connectivity index (χ0) is 13.7. The summed E-state index contributed by atoms with van der Waals surface area (Å²) in [5.41, 5.74) is 1.26. The van der Waals surface area contributed by atoms with Crippen LogP contribution in [0.3, 0.4) is 0 Å². The van der Waals surface area contributed by atoms with E-state index in [0.717, 1.165) is 38.2 Å². The van der Waals surface area contributed by atoms with Crippen molar-refractivity contribution in [2.45, 2.75) is 71.2 Å². The quantitative estimate of drug-likeness (QED) is 0.859. The minimum Gasteiger partial charge on any atom is -0.378 e. The van der Waals surface area contributed by atoms with Crippen molar-refractivity contribution >= 4 is 0 Å². The molecule has 1 aromatic rings. The van der Waals surface area contributed by atoms with Gasteiger partial charge in [0.15, 0.2) is 0 Å². The number of nitrogens with zero attached hydrogens (tertiary/aromatic N) is 2. The molecule has 0 bridgehead atoms. The van der Waals surface area contributed by atoms with Gasteiger partial charge in [-0.2, -0.15) is 5.10 Å². The Morgan fingerprint density at radius 1 is 1.47 bits per heavy atom. The van der Waals surface area contributed by atoms with Crippen LogP contribution >= 0.6 is 0 Å². The Hall–Kier alpha value is -0.870. The first-order valence-corrected chi connectivity index (χ1v) is 7.42. The lowest BCUT2D eigenvalue weighted by Crippen LogP contribution is -2.35. The molecular formula is C15H27N3O. The molecule has 0 radical (unpaired) electrons. The Kier molecular flexibility index (Phi) is 4.99. The molecular weight excluding hydrogens is 238 g/mol. The fraction of sp³-hybridized carbons (Fsp3) is 0.800. The molecule has 19 heavy (non-hydrogen) atoms. The number of rotatable bonds is 6. The van der Waals surface area contributed by atoms with E-state index in [1.807, 2.05) is 0 Å². The standard InChI is InChI=1S/C15H27N3O/c1-15(2,3)16-12-13-8-10-18(17-13)9-4-6-14-7-5-11-19-14/h8,10,14,16H,4-7,9,11-12H2,1-3H3. The van der Waals surface area contributed by atoms with Gasteiger partial charge in [0.25, 0.3) is 0 Å². The summed E-state index contributed by atoms with van der Waals surface area (Å²) in [5.74, 6) is 0. The number of hydrogen-bond acceptors (Lipinski definition) is 3. The maximum absolute atomic E-state index is 5.63. The summed E-state index contributed by atoms with van der Waals surface area (Å²) < 4.78 is 7.68. The van der Waals surface area contributed by atoms with Gasteiger partial charge in [-0.25, -0.2) is 0 Å². The molecule has 4 nitrogen and oxygen atoms in total. The minimum atomic E-state index is 0.142. The predicted molar refractivity (Wildman–Crippen MR) is 77.0 cm³/mol. The molecule has 0 aromatic carbocycles. The summed E-state index contributed by atoms with van der Waals surface area (Å²) in [6.07, 6.45) is 7.36. The summed E-state index contributed by atoms with van der Waals surface area (Å²) in [4.78, 5) is 0. The van der Waals surface area contributed by atoms with Gasteiger partial charge in [-0.1, -0.05) is 0 Å². The number of ether oxygens (including phenoxy) is 1. The lowest BCUT2D eigenvalue weighted by Gasteiger charge is -2.19. The number of aryl methyl sites for hydroxylation is 1. The van der Waals surface area contributed by atoms with Crippen molar-refractivity contribution in [3.8, 4) is 0 Å². The van der Waals surface area contributed by atoms with Crippen molar-refractivity contribution in [2.75, 3.05) is 6.61 Å². The smallest absolute Gasteiger partial charge is 0.0762 e. The average Bonchev–Trinajstić information content (AvgIpc) is 2.97. The summed E-state index contributed by atoms with van der Waals surface area (Å²) in [7, 11) is 0. The lowest BCUT2D eigenvalue weighted by atomic mass is 10.1. The Balaban J connectivity index is 1.68. The second-order valence-electron chi connectivity index (χ2n) is 6.45. The predicted octanol–water partition coefficient (Wildman–Crippen LogP) is 2.73. The van der Waals surface area contributed by atoms with Crippen molar-refractivity contribution in [2.24, 2.45) is 0 Å². The molecule has 0 spiro atoms. The molecule has 1 N–H and O–H groups in total. The number of aromatic nitrogens is 2. The highest BCUT2D eigenvalue weighted by Gasteiger charge is 2.14. The summed E-state index contributed by atoms with van der Waals surface area (Å²) in [6.45, 7) is 9.30. The lowest BCUT2D eigenvalue weighted by molar-refractivity contribution is 0.101. The Morgan fingerprint density at radius 2 is 2.32 bits per heavy atom. The van der Waals surface area contributed by atoms with E-state index in [4.69, 9.17) is 4.74 Å². The highest BCUT2D eigenvalue weighted by molar-refractivity contribution is 4.99. The zero-order valence-corrected chi connectivity index (χ0v) is 12.5. The topological polar surface area (TPSA) is 39.1 Å². The summed E-state index contributed by atoms with van der Waals surface area (Å²) in [6, 6.07) is 2.10. The van der Waals surface area contributed by atoms with Gasteiger partial charge in [0.2, 0.25) is 0 Å². The van der Waals surface area contributed by atoms with Crippen LogP contribution < -0.4 is 5.32 Å². The van der Waals surface area contributed by atoms with Crippen molar-refractivity contribution in [3.05, 3.63) is 18.0 Å². The van der Waals surface area contributed by atoms with Crippen LogP contribution in [0.2, 0.25) is 0 Å². The number of nitrogens with one attached hydrogen (secondary N) is 1. The van der Waals surface area contributed by atoms with Gasteiger partial charge in [0.05, 0.1) is 11.8 Å². The molecule has 1 aromatic heterocycles. The van der Waals surface area contributed by atoms with E-state index < -0.39 is 0 Å². The summed E-state index contributed by atoms with van der Waals surface area (Å²) >= 11 is 0. The molecule has 1 aliphatic rings. The molecule has 4 heteroatoms. The van der Waals surface area contributed by atoms with E-state index in [-0.39, 0.29) is 5.54 Å². The van der Waals surface area contributed by atoms with Crippen molar-refractivity contribution in [1.82, 2.24) is 15.1 Å². The molecule has 1 aliphatic heterocycles. The van der Waals surface area contributed by atoms with Crippen LogP contribution in [0.4, 0.5) is 0 Å². The highest BCUT2D eigenvalue weighted by Crippen LogP contribution is 2.17. The Bertz CT molecular complexity index is 375. The minimum absolute atomic E-state index is 0.142. The van der Waals surface area contributed by atoms with Gasteiger partial charge >= 0.3 is 0 Å². The Labute approximate surface area is 116 Å². The SMILES string of the molecule is CC(C)(C)NCc1ccn(CCCC2CCCO2)n1. The van der Waals surface area contributed by atoms with E-state index in [1.165, 1.54) is 12.8 Å². The van der Waals surface area contributed by atoms with E-state index >= 15 is 0 Å². The van der Waals surface area contributed by atoms with E-state index in [2.05, 4.69) is 48.1 Å². The van der Waals surface area contributed by atoms with Crippen LogP contribution in [-0.2, 0) is 17.8 Å². The molecule has 0 amide bonds. The van der Waals surface area contributed by atoms with Crippen molar-refractivity contribution < 1.29 is 4.74 Å². The third-order valence-electron chi connectivity index (χ3n) is 3.43. The normalized spacial score (nSPS) is 20.1. The van der Waals surface area contributed by atoms with Gasteiger partial charge in [-0.15, -0.1) is 0 Å². The first kappa shape index (κ1) is 14.5. The molecule has 2 heterocycles. The molecule has 1 fully saturated rings. The van der Waals surface area contributed by atoms with Gasteiger partial charge in [0, 0.05) is 31.4 Å². The van der Waals surface area contributed by atoms with Crippen molar-refractivity contribution in [1.29, 1.82) is 0 Å². The van der Waals surface area contributed by atoms with Gasteiger partial charge < -0.3 is 10.1 Å². The van der Waals surface area contributed by atoms with Crippen LogP contribution in [0.5, 0.6) is 0 Å².